The van der Waals surface area contributed by atoms with Crippen LogP contribution in [-0.2, 0) is 9.59 Å². The van der Waals surface area contributed by atoms with Crippen LogP contribution in [-0.4, -0.2) is 64.5 Å². The van der Waals surface area contributed by atoms with Gasteiger partial charge in [-0.05, 0) is 47.5 Å². The highest BCUT2D eigenvalue weighted by atomic mass is 35.5. The van der Waals surface area contributed by atoms with E-state index in [4.69, 9.17) is 11.6 Å². The number of rotatable bonds is 7. The number of carbonyl (C=O) groups excluding carboxylic acids is 3. The minimum absolute atomic E-state index is 0.130. The first-order valence-corrected chi connectivity index (χ1v) is 16.5. The van der Waals surface area contributed by atoms with Crippen molar-refractivity contribution >= 4 is 46.2 Å². The number of nitrogens with one attached hydrogen (secondary N) is 1. The van der Waals surface area contributed by atoms with Gasteiger partial charge in [-0.3, -0.25) is 24.5 Å². The highest BCUT2D eigenvalue weighted by molar-refractivity contribution is 7.12. The van der Waals surface area contributed by atoms with Gasteiger partial charge in [-0.1, -0.05) is 61.2 Å². The molecule has 3 aliphatic rings. The van der Waals surface area contributed by atoms with E-state index in [2.05, 4.69) is 5.32 Å². The standard InChI is InChI=1S/C33H35ClN4O5S/c34-24-13-11-21(12-14-24)27-28(31(39)26-10-5-19-44-26)29(23-8-4-9-25(20-23)38(42)43)37(32(40)22-6-2-1-3-7-22)30(27)33(41)36-17-15-35-16-18-36/h4-5,8-14,19-20,22,27-30,35H,1-3,6-7,15-18H2. The summed E-state index contributed by atoms with van der Waals surface area (Å²) in [6.07, 6.45) is 4.30. The Morgan fingerprint density at radius 3 is 2.30 bits per heavy atom. The monoisotopic (exact) mass is 634 g/mol. The first-order chi connectivity index (χ1) is 21.3. The van der Waals surface area contributed by atoms with Gasteiger partial charge in [-0.15, -0.1) is 11.3 Å². The number of nitro groups is 1. The van der Waals surface area contributed by atoms with Crippen molar-refractivity contribution in [1.82, 2.24) is 15.1 Å². The van der Waals surface area contributed by atoms with Crippen molar-refractivity contribution in [1.29, 1.82) is 0 Å². The number of thiophene rings is 1. The van der Waals surface area contributed by atoms with Gasteiger partial charge in [0.15, 0.2) is 5.78 Å². The normalized spacial score (nSPS) is 24.3. The predicted molar refractivity (Wildman–Crippen MR) is 169 cm³/mol. The molecule has 2 aliphatic heterocycles. The number of non-ortho nitro benzene ring substituents is 1. The molecule has 1 aromatic heterocycles. The summed E-state index contributed by atoms with van der Waals surface area (Å²) in [5.74, 6) is -2.39. The van der Waals surface area contributed by atoms with Gasteiger partial charge in [-0.2, -0.15) is 0 Å². The van der Waals surface area contributed by atoms with Crippen LogP contribution in [0.2, 0.25) is 5.02 Å². The molecule has 3 aromatic rings. The van der Waals surface area contributed by atoms with Crippen LogP contribution in [0.1, 0.15) is 64.9 Å². The molecule has 44 heavy (non-hydrogen) atoms. The number of likely N-dealkylation sites (tertiary alicyclic amines) is 1. The van der Waals surface area contributed by atoms with E-state index in [0.29, 0.717) is 54.5 Å². The lowest BCUT2D eigenvalue weighted by atomic mass is 9.77. The van der Waals surface area contributed by atoms with E-state index >= 15 is 0 Å². The van der Waals surface area contributed by atoms with Gasteiger partial charge < -0.3 is 15.1 Å². The average molecular weight is 635 g/mol. The van der Waals surface area contributed by atoms with E-state index in [1.807, 2.05) is 17.5 Å². The Hall–Kier alpha value is -3.60. The van der Waals surface area contributed by atoms with Crippen LogP contribution in [0.3, 0.4) is 0 Å². The second-order valence-corrected chi connectivity index (χ2v) is 13.2. The van der Waals surface area contributed by atoms with Gasteiger partial charge in [0.05, 0.1) is 21.8 Å². The first-order valence-electron chi connectivity index (χ1n) is 15.2. The number of carbonyl (C=O) groups is 3. The van der Waals surface area contributed by atoms with E-state index < -0.39 is 28.8 Å². The minimum atomic E-state index is -0.970. The Labute approximate surface area is 265 Å². The summed E-state index contributed by atoms with van der Waals surface area (Å²) in [5.41, 5.74) is 1.08. The summed E-state index contributed by atoms with van der Waals surface area (Å²) in [6.45, 7) is 2.23. The fourth-order valence-corrected chi connectivity index (χ4v) is 8.08. The summed E-state index contributed by atoms with van der Waals surface area (Å²) in [5, 5.41) is 17.5. The largest absolute Gasteiger partial charge is 0.338 e. The van der Waals surface area contributed by atoms with Crippen molar-refractivity contribution in [3.05, 3.63) is 97.2 Å². The van der Waals surface area contributed by atoms with Crippen LogP contribution in [0, 0.1) is 22.0 Å². The topological polar surface area (TPSA) is 113 Å². The second-order valence-electron chi connectivity index (χ2n) is 11.8. The van der Waals surface area contributed by atoms with Crippen molar-refractivity contribution in [2.45, 2.75) is 50.1 Å². The molecule has 11 heteroatoms. The molecule has 2 amide bonds. The number of halogens is 1. The molecule has 230 valence electrons. The van der Waals surface area contributed by atoms with Gasteiger partial charge in [0, 0.05) is 55.2 Å². The summed E-state index contributed by atoms with van der Waals surface area (Å²) in [7, 11) is 0. The van der Waals surface area contributed by atoms with Crippen LogP contribution in [0.15, 0.2) is 66.0 Å². The molecular weight excluding hydrogens is 600 g/mol. The first kappa shape index (κ1) is 30.4. The van der Waals surface area contributed by atoms with E-state index in [0.717, 1.165) is 24.8 Å². The number of ketones is 1. The summed E-state index contributed by atoms with van der Waals surface area (Å²) >= 11 is 7.61. The Morgan fingerprint density at radius 1 is 0.909 bits per heavy atom. The minimum Gasteiger partial charge on any atom is -0.338 e. The van der Waals surface area contributed by atoms with Crippen LogP contribution in [0.4, 0.5) is 5.69 Å². The highest BCUT2D eigenvalue weighted by Gasteiger charge is 2.59. The van der Waals surface area contributed by atoms with Gasteiger partial charge >= 0.3 is 0 Å². The van der Waals surface area contributed by atoms with Gasteiger partial charge in [-0.25, -0.2) is 0 Å². The van der Waals surface area contributed by atoms with Crippen molar-refractivity contribution in [3.63, 3.8) is 0 Å². The molecule has 0 radical (unpaired) electrons. The van der Waals surface area contributed by atoms with Gasteiger partial charge in [0.2, 0.25) is 11.8 Å². The fourth-order valence-electron chi connectivity index (χ4n) is 7.25. The Morgan fingerprint density at radius 2 is 1.64 bits per heavy atom. The molecule has 1 N–H and O–H groups in total. The predicted octanol–water partition coefficient (Wildman–Crippen LogP) is 5.86. The molecule has 0 spiro atoms. The number of nitrogens with zero attached hydrogens (tertiary/aromatic N) is 3. The number of hydrogen-bond acceptors (Lipinski definition) is 7. The second kappa shape index (κ2) is 13.2. The molecule has 3 heterocycles. The number of Topliss-reactive ketones (excluding diaryl/α,β-unsaturated/α-hetero) is 1. The Kier molecular flexibility index (Phi) is 9.11. The van der Waals surface area contributed by atoms with E-state index in [9.17, 15) is 24.5 Å². The highest BCUT2D eigenvalue weighted by Crippen LogP contribution is 2.53. The smallest absolute Gasteiger partial charge is 0.269 e. The molecule has 1 saturated carbocycles. The average Bonchev–Trinajstić information content (AvgIpc) is 3.72. The zero-order chi connectivity index (χ0) is 30.8. The number of piperazine rings is 1. The van der Waals surface area contributed by atoms with Crippen molar-refractivity contribution < 1.29 is 19.3 Å². The molecule has 6 rings (SSSR count). The van der Waals surface area contributed by atoms with Gasteiger partial charge in [0.1, 0.15) is 6.04 Å². The third-order valence-corrected chi connectivity index (χ3v) is 10.4. The molecule has 0 bridgehead atoms. The van der Waals surface area contributed by atoms with E-state index in [1.54, 1.807) is 46.2 Å². The lowest BCUT2D eigenvalue weighted by Crippen LogP contribution is -2.55. The Bertz CT molecular complexity index is 1520. The van der Waals surface area contributed by atoms with Gasteiger partial charge in [0.25, 0.3) is 5.69 Å². The number of nitro benzene ring substituents is 1. The molecule has 2 saturated heterocycles. The number of benzene rings is 2. The molecule has 3 fully saturated rings. The lowest BCUT2D eigenvalue weighted by molar-refractivity contribution is -0.385. The third kappa shape index (κ3) is 5.90. The molecule has 9 nitrogen and oxygen atoms in total. The SMILES string of the molecule is O=C(c1cccs1)C1C(c2ccc(Cl)cc2)C(C(=O)N2CCNCC2)N(C(=O)C2CCCCC2)C1c1cccc([N+](=O)[O-])c1. The summed E-state index contributed by atoms with van der Waals surface area (Å²) < 4.78 is 0. The van der Waals surface area contributed by atoms with Crippen LogP contribution in [0.25, 0.3) is 0 Å². The van der Waals surface area contributed by atoms with Crippen LogP contribution >= 0.6 is 22.9 Å². The fraction of sp³-hybridized carbons (Fsp3) is 0.424. The molecule has 4 unspecified atom stereocenters. The van der Waals surface area contributed by atoms with E-state index in [-0.39, 0.29) is 29.2 Å². The van der Waals surface area contributed by atoms with Crippen LogP contribution in [0.5, 0.6) is 0 Å². The zero-order valence-corrected chi connectivity index (χ0v) is 25.8. The molecule has 1 aliphatic carbocycles. The maximum Gasteiger partial charge on any atom is 0.269 e. The summed E-state index contributed by atoms with van der Waals surface area (Å²) in [4.78, 5) is 59.5. The van der Waals surface area contributed by atoms with Crippen molar-refractivity contribution in [2.24, 2.45) is 11.8 Å². The number of amides is 2. The van der Waals surface area contributed by atoms with Crippen LogP contribution < -0.4 is 5.32 Å². The zero-order valence-electron chi connectivity index (χ0n) is 24.3. The lowest BCUT2D eigenvalue weighted by Gasteiger charge is -2.38. The maximum absolute atomic E-state index is 14.8. The summed E-state index contributed by atoms with van der Waals surface area (Å²) in [6, 6.07) is 15.1. The molecular formula is C33H35ClN4O5S. The number of hydrogen-bond donors (Lipinski definition) is 1. The molecule has 4 atom stereocenters. The van der Waals surface area contributed by atoms with Crippen molar-refractivity contribution in [3.8, 4) is 0 Å². The third-order valence-electron chi connectivity index (χ3n) is 9.30. The molecule has 2 aromatic carbocycles. The quantitative estimate of drug-likeness (QED) is 0.198. The Balaban J connectivity index is 1.59. The maximum atomic E-state index is 14.8. The van der Waals surface area contributed by atoms with Crippen molar-refractivity contribution in [2.75, 3.05) is 26.2 Å². The van der Waals surface area contributed by atoms with E-state index in [1.165, 1.54) is 23.5 Å².